The summed E-state index contributed by atoms with van der Waals surface area (Å²) in [6.07, 6.45) is 0. The van der Waals surface area contributed by atoms with Gasteiger partial charge in [0.1, 0.15) is 6.61 Å². The second-order valence-electron chi connectivity index (χ2n) is 5.18. The Hall–Kier alpha value is -0.630. The highest BCUT2D eigenvalue weighted by molar-refractivity contribution is 9.10. The second-order valence-corrected chi connectivity index (χ2v) is 8.57. The zero-order valence-electron chi connectivity index (χ0n) is 11.9. The Bertz CT molecular complexity index is 622. The van der Waals surface area contributed by atoms with Gasteiger partial charge in [0.2, 0.25) is 0 Å². The maximum Gasteiger partial charge on any atom is 0.338 e. The van der Waals surface area contributed by atoms with Gasteiger partial charge in [-0.15, -0.1) is 0 Å². The van der Waals surface area contributed by atoms with Gasteiger partial charge in [-0.05, 0) is 54.9 Å². The predicted molar refractivity (Wildman–Crippen MR) is 83.2 cm³/mol. The van der Waals surface area contributed by atoms with Crippen LogP contribution in [0.25, 0.3) is 0 Å². The molecule has 1 rings (SSSR count). The van der Waals surface area contributed by atoms with Gasteiger partial charge in [-0.2, -0.15) is 0 Å². The minimum absolute atomic E-state index is 0.0785. The molecule has 0 fully saturated rings. The highest BCUT2D eigenvalue weighted by Gasteiger charge is 2.18. The molecule has 21 heavy (non-hydrogen) atoms. The van der Waals surface area contributed by atoms with Crippen LogP contribution < -0.4 is 0 Å². The molecule has 1 aromatic carbocycles. The molecule has 0 aliphatic carbocycles. The third kappa shape index (κ3) is 6.34. The number of hydrogen-bond acceptors (Lipinski definition) is 5. The number of carbonyl (C=O) groups is 1. The third-order valence-electron chi connectivity index (χ3n) is 2.28. The lowest BCUT2D eigenvalue weighted by Gasteiger charge is -2.19. The largest absolute Gasteiger partial charge is 0.460 e. The molecular weight excluding hydrogens is 384 g/mol. The molecule has 0 aliphatic rings. The Kier molecular flexibility index (Phi) is 6.22. The molecule has 0 saturated heterocycles. The van der Waals surface area contributed by atoms with E-state index in [1.165, 1.54) is 18.2 Å². The summed E-state index contributed by atoms with van der Waals surface area (Å²) >= 11 is 3.07. The second kappa shape index (κ2) is 7.09. The first-order chi connectivity index (χ1) is 9.50. The fourth-order valence-electron chi connectivity index (χ4n) is 1.38. The van der Waals surface area contributed by atoms with E-state index in [9.17, 15) is 13.2 Å². The monoisotopic (exact) mass is 398 g/mol. The van der Waals surface area contributed by atoms with E-state index in [1.54, 1.807) is 0 Å². The Morgan fingerprint density at radius 1 is 1.29 bits per heavy atom. The van der Waals surface area contributed by atoms with Crippen LogP contribution >= 0.6 is 26.6 Å². The highest BCUT2D eigenvalue weighted by Crippen LogP contribution is 2.26. The Morgan fingerprint density at radius 3 is 2.43 bits per heavy atom. The fraction of sp³-hybridized carbons (Fsp3) is 0.462. The molecule has 0 spiro atoms. The Balaban J connectivity index is 2.72. The van der Waals surface area contributed by atoms with Crippen LogP contribution in [-0.2, 0) is 18.5 Å². The van der Waals surface area contributed by atoms with E-state index in [4.69, 9.17) is 20.2 Å². The molecular formula is C13H16BrClO5S. The van der Waals surface area contributed by atoms with Crippen molar-refractivity contribution in [2.75, 3.05) is 13.2 Å². The summed E-state index contributed by atoms with van der Waals surface area (Å²) in [6, 6.07) is 4.04. The van der Waals surface area contributed by atoms with Gasteiger partial charge >= 0.3 is 5.97 Å². The minimum Gasteiger partial charge on any atom is -0.460 e. The summed E-state index contributed by atoms with van der Waals surface area (Å²) in [7, 11) is 1.35. The lowest BCUT2D eigenvalue weighted by atomic mass is 10.2. The number of halogens is 2. The van der Waals surface area contributed by atoms with Crippen molar-refractivity contribution < 1.29 is 22.7 Å². The van der Waals surface area contributed by atoms with Gasteiger partial charge in [-0.3, -0.25) is 0 Å². The number of esters is 1. The number of rotatable bonds is 5. The zero-order chi connectivity index (χ0) is 16.3. The van der Waals surface area contributed by atoms with E-state index in [2.05, 4.69) is 15.9 Å². The standard InChI is InChI=1S/C13H16BrClO5S/c1-13(2,3)20-7-6-19-12(16)9-4-5-10(14)11(8-9)21(15,17)18/h4-5,8H,6-7H2,1-3H3. The molecule has 5 nitrogen and oxygen atoms in total. The van der Waals surface area contributed by atoms with Gasteiger partial charge in [0.05, 0.1) is 22.7 Å². The molecule has 0 aliphatic heterocycles. The molecule has 0 N–H and O–H groups in total. The van der Waals surface area contributed by atoms with Crippen molar-refractivity contribution >= 4 is 41.6 Å². The normalized spacial score (nSPS) is 12.2. The van der Waals surface area contributed by atoms with E-state index in [1.807, 2.05) is 20.8 Å². The van der Waals surface area contributed by atoms with Crippen molar-refractivity contribution in [2.45, 2.75) is 31.3 Å². The molecule has 0 bridgehead atoms. The smallest absolute Gasteiger partial charge is 0.338 e. The summed E-state index contributed by atoms with van der Waals surface area (Å²) in [5.41, 5.74) is -0.211. The van der Waals surface area contributed by atoms with Gasteiger partial charge in [-0.1, -0.05) is 0 Å². The van der Waals surface area contributed by atoms with Crippen molar-refractivity contribution in [1.29, 1.82) is 0 Å². The van der Waals surface area contributed by atoms with Crippen LogP contribution in [0.15, 0.2) is 27.6 Å². The van der Waals surface area contributed by atoms with Gasteiger partial charge in [-0.25, -0.2) is 13.2 Å². The van der Waals surface area contributed by atoms with E-state index >= 15 is 0 Å². The van der Waals surface area contributed by atoms with Crippen LogP contribution in [0.1, 0.15) is 31.1 Å². The maximum atomic E-state index is 11.8. The van der Waals surface area contributed by atoms with Gasteiger partial charge in [0.25, 0.3) is 9.05 Å². The highest BCUT2D eigenvalue weighted by atomic mass is 79.9. The molecule has 0 amide bonds. The fourth-order valence-corrected chi connectivity index (χ4v) is 3.50. The first kappa shape index (κ1) is 18.4. The van der Waals surface area contributed by atoms with Gasteiger partial charge in [0, 0.05) is 15.2 Å². The van der Waals surface area contributed by atoms with Crippen LogP contribution in [0.3, 0.4) is 0 Å². The third-order valence-corrected chi connectivity index (χ3v) is 4.60. The number of benzene rings is 1. The molecule has 0 atom stereocenters. The lowest BCUT2D eigenvalue weighted by Crippen LogP contribution is -2.22. The van der Waals surface area contributed by atoms with Crippen molar-refractivity contribution in [2.24, 2.45) is 0 Å². The minimum atomic E-state index is -3.94. The van der Waals surface area contributed by atoms with Crippen LogP contribution in [0.5, 0.6) is 0 Å². The van der Waals surface area contributed by atoms with E-state index in [0.29, 0.717) is 0 Å². The Labute approximate surface area is 137 Å². The number of hydrogen-bond donors (Lipinski definition) is 0. The van der Waals surface area contributed by atoms with Crippen LogP contribution in [0.4, 0.5) is 0 Å². The predicted octanol–water partition coefficient (Wildman–Crippen LogP) is 3.35. The summed E-state index contributed by atoms with van der Waals surface area (Å²) in [4.78, 5) is 11.7. The van der Waals surface area contributed by atoms with Gasteiger partial charge in [0.15, 0.2) is 0 Å². The summed E-state index contributed by atoms with van der Waals surface area (Å²) < 4.78 is 33.4. The summed E-state index contributed by atoms with van der Waals surface area (Å²) in [6.45, 7) is 6.00. The maximum absolute atomic E-state index is 11.8. The average Bonchev–Trinajstić information content (AvgIpc) is 2.32. The van der Waals surface area contributed by atoms with E-state index < -0.39 is 15.0 Å². The first-order valence-electron chi connectivity index (χ1n) is 6.06. The molecule has 0 unspecified atom stereocenters. The first-order valence-corrected chi connectivity index (χ1v) is 9.16. The molecule has 0 saturated carbocycles. The molecule has 118 valence electrons. The topological polar surface area (TPSA) is 69.7 Å². The SMILES string of the molecule is CC(C)(C)OCCOC(=O)c1ccc(Br)c(S(=O)(=O)Cl)c1. The molecule has 8 heteroatoms. The zero-order valence-corrected chi connectivity index (χ0v) is 15.0. The number of ether oxygens (including phenoxy) is 2. The van der Waals surface area contributed by atoms with E-state index in [-0.39, 0.29) is 33.7 Å². The Morgan fingerprint density at radius 2 is 1.90 bits per heavy atom. The van der Waals surface area contributed by atoms with Crippen molar-refractivity contribution in [3.8, 4) is 0 Å². The van der Waals surface area contributed by atoms with Crippen molar-refractivity contribution in [1.82, 2.24) is 0 Å². The molecule has 1 aromatic rings. The van der Waals surface area contributed by atoms with Crippen molar-refractivity contribution in [3.63, 3.8) is 0 Å². The van der Waals surface area contributed by atoms with Gasteiger partial charge < -0.3 is 9.47 Å². The summed E-state index contributed by atoms with van der Waals surface area (Å²) in [5, 5.41) is 0. The number of carbonyl (C=O) groups excluding carboxylic acids is 1. The van der Waals surface area contributed by atoms with Crippen LogP contribution in [0.2, 0.25) is 0 Å². The molecule has 0 heterocycles. The lowest BCUT2D eigenvalue weighted by molar-refractivity contribution is -0.0281. The molecule has 0 aromatic heterocycles. The van der Waals surface area contributed by atoms with Crippen LogP contribution in [-0.4, -0.2) is 33.2 Å². The van der Waals surface area contributed by atoms with Crippen molar-refractivity contribution in [3.05, 3.63) is 28.2 Å². The quantitative estimate of drug-likeness (QED) is 0.431. The summed E-state index contributed by atoms with van der Waals surface area (Å²) in [5.74, 6) is -0.637. The molecule has 0 radical (unpaired) electrons. The average molecular weight is 400 g/mol. The van der Waals surface area contributed by atoms with Crippen LogP contribution in [0, 0.1) is 0 Å². The van der Waals surface area contributed by atoms with E-state index in [0.717, 1.165) is 0 Å².